The van der Waals surface area contributed by atoms with Crippen molar-refractivity contribution in [2.45, 2.75) is 33.1 Å². The van der Waals surface area contributed by atoms with E-state index in [1.165, 1.54) is 23.3 Å². The summed E-state index contributed by atoms with van der Waals surface area (Å²) in [6.07, 6.45) is -2.89. The maximum atomic E-state index is 13.0. The molecule has 0 unspecified atom stereocenters. The number of carbonyl (C=O) groups is 1. The minimum Gasteiger partial charge on any atom is -0.467 e. The highest BCUT2D eigenvalue weighted by Crippen LogP contribution is 2.29. The predicted octanol–water partition coefficient (Wildman–Crippen LogP) is 6.15. The first-order valence-electron chi connectivity index (χ1n) is 9.04. The van der Waals surface area contributed by atoms with Crippen LogP contribution in [0.1, 0.15) is 28.0 Å². The molecule has 0 aliphatic heterocycles. The summed E-state index contributed by atoms with van der Waals surface area (Å²) in [7, 11) is 0. The third-order valence-electron chi connectivity index (χ3n) is 4.58. The maximum absolute atomic E-state index is 13.0. The van der Waals surface area contributed by atoms with Gasteiger partial charge in [0.05, 0.1) is 18.4 Å². The first-order chi connectivity index (χ1) is 13.7. The average molecular weight is 402 g/mol. The van der Waals surface area contributed by atoms with Crippen LogP contribution in [0.25, 0.3) is 0 Å². The molecule has 7 heteroatoms. The molecule has 3 aromatic rings. The Labute approximate surface area is 166 Å². The number of benzene rings is 2. The first-order valence-corrected chi connectivity index (χ1v) is 9.04. The third kappa shape index (κ3) is 5.19. The van der Waals surface area contributed by atoms with Gasteiger partial charge in [0.15, 0.2) is 0 Å². The van der Waals surface area contributed by atoms with Crippen LogP contribution in [0.4, 0.5) is 23.7 Å². The van der Waals surface area contributed by atoms with Crippen LogP contribution in [0.3, 0.4) is 0 Å². The van der Waals surface area contributed by atoms with Crippen molar-refractivity contribution in [3.05, 3.63) is 88.9 Å². The summed E-state index contributed by atoms with van der Waals surface area (Å²) in [5.41, 5.74) is 2.42. The van der Waals surface area contributed by atoms with Crippen molar-refractivity contribution in [2.75, 3.05) is 5.32 Å². The zero-order chi connectivity index (χ0) is 21.0. The lowest BCUT2D eigenvalue weighted by Crippen LogP contribution is -2.34. The SMILES string of the molecule is Cc1cccc(C)c1NC(=O)N(Cc1ccc(C(F)(F)F)cc1)Cc1ccco1. The highest BCUT2D eigenvalue weighted by molar-refractivity contribution is 5.91. The number of alkyl halides is 3. The van der Waals surface area contributed by atoms with E-state index in [1.54, 1.807) is 12.1 Å². The molecule has 1 N–H and O–H groups in total. The number of nitrogens with zero attached hydrogens (tertiary/aromatic N) is 1. The first kappa shape index (κ1) is 20.5. The number of anilines is 1. The molecule has 0 bridgehead atoms. The molecule has 0 aliphatic carbocycles. The van der Waals surface area contributed by atoms with Gasteiger partial charge in [0.25, 0.3) is 0 Å². The van der Waals surface area contributed by atoms with Crippen molar-refractivity contribution in [1.82, 2.24) is 4.90 Å². The second kappa shape index (κ2) is 8.43. The summed E-state index contributed by atoms with van der Waals surface area (Å²) < 4.78 is 43.7. The van der Waals surface area contributed by atoms with E-state index in [4.69, 9.17) is 4.42 Å². The Hall–Kier alpha value is -3.22. The summed E-state index contributed by atoms with van der Waals surface area (Å²) in [4.78, 5) is 14.5. The number of amides is 2. The number of urea groups is 1. The monoisotopic (exact) mass is 402 g/mol. The molecule has 0 saturated heterocycles. The van der Waals surface area contributed by atoms with Gasteiger partial charge >= 0.3 is 12.2 Å². The third-order valence-corrected chi connectivity index (χ3v) is 4.58. The highest BCUT2D eigenvalue weighted by atomic mass is 19.4. The van der Waals surface area contributed by atoms with Gasteiger partial charge in [-0.1, -0.05) is 30.3 Å². The van der Waals surface area contributed by atoms with Gasteiger partial charge in [-0.25, -0.2) is 4.79 Å². The average Bonchev–Trinajstić information content (AvgIpc) is 3.17. The minimum atomic E-state index is -4.40. The Morgan fingerprint density at radius 2 is 1.62 bits per heavy atom. The van der Waals surface area contributed by atoms with Gasteiger partial charge in [0.2, 0.25) is 0 Å². The largest absolute Gasteiger partial charge is 0.467 e. The number of aryl methyl sites for hydroxylation is 2. The van der Waals surface area contributed by atoms with E-state index < -0.39 is 11.7 Å². The number of hydrogen-bond donors (Lipinski definition) is 1. The molecule has 0 radical (unpaired) electrons. The summed E-state index contributed by atoms with van der Waals surface area (Å²) in [6, 6.07) is 13.6. The molecule has 0 aliphatic rings. The Kier molecular flexibility index (Phi) is 5.96. The van der Waals surface area contributed by atoms with Gasteiger partial charge in [0, 0.05) is 12.2 Å². The second-order valence-corrected chi connectivity index (χ2v) is 6.83. The molecular formula is C22H21F3N2O2. The van der Waals surface area contributed by atoms with Gasteiger partial charge in [-0.2, -0.15) is 13.2 Å². The topological polar surface area (TPSA) is 45.5 Å². The molecular weight excluding hydrogens is 381 g/mol. The lowest BCUT2D eigenvalue weighted by atomic mass is 10.1. The number of hydrogen-bond acceptors (Lipinski definition) is 2. The molecule has 4 nitrogen and oxygen atoms in total. The molecule has 29 heavy (non-hydrogen) atoms. The molecule has 0 fully saturated rings. The normalized spacial score (nSPS) is 11.3. The van der Waals surface area contributed by atoms with E-state index in [9.17, 15) is 18.0 Å². The number of furan rings is 1. The van der Waals surface area contributed by atoms with E-state index in [0.717, 1.165) is 28.9 Å². The van der Waals surface area contributed by atoms with Crippen molar-refractivity contribution < 1.29 is 22.4 Å². The zero-order valence-electron chi connectivity index (χ0n) is 16.1. The Morgan fingerprint density at radius 3 is 2.17 bits per heavy atom. The number of halogens is 3. The minimum absolute atomic E-state index is 0.135. The molecule has 1 aromatic heterocycles. The summed E-state index contributed by atoms with van der Waals surface area (Å²) >= 11 is 0. The second-order valence-electron chi connectivity index (χ2n) is 6.83. The molecule has 152 valence electrons. The van der Waals surface area contributed by atoms with E-state index in [1.807, 2.05) is 32.0 Å². The van der Waals surface area contributed by atoms with Crippen molar-refractivity contribution >= 4 is 11.7 Å². The quantitative estimate of drug-likeness (QED) is 0.556. The van der Waals surface area contributed by atoms with E-state index >= 15 is 0 Å². The number of carbonyl (C=O) groups excluding carboxylic acids is 1. The van der Waals surface area contributed by atoms with Gasteiger partial charge in [0.1, 0.15) is 5.76 Å². The molecule has 3 rings (SSSR count). The number of nitrogens with one attached hydrogen (secondary N) is 1. The van der Waals surface area contributed by atoms with Crippen LogP contribution >= 0.6 is 0 Å². The lowest BCUT2D eigenvalue weighted by molar-refractivity contribution is -0.137. The van der Waals surface area contributed by atoms with Crippen LogP contribution in [0.15, 0.2) is 65.3 Å². The fraction of sp³-hybridized carbons (Fsp3) is 0.227. The maximum Gasteiger partial charge on any atom is 0.416 e. The van der Waals surface area contributed by atoms with E-state index in [2.05, 4.69) is 5.32 Å². The van der Waals surface area contributed by atoms with Gasteiger partial charge in [-0.3, -0.25) is 0 Å². The van der Waals surface area contributed by atoms with Crippen LogP contribution < -0.4 is 5.32 Å². The smallest absolute Gasteiger partial charge is 0.416 e. The van der Waals surface area contributed by atoms with Crippen molar-refractivity contribution in [2.24, 2.45) is 0 Å². The Balaban J connectivity index is 1.81. The molecule has 0 spiro atoms. The standard InChI is InChI=1S/C22H21F3N2O2/c1-15-5-3-6-16(2)20(15)26-21(28)27(14-19-7-4-12-29-19)13-17-8-10-18(11-9-17)22(23,24)25/h3-12H,13-14H2,1-2H3,(H,26,28). The van der Waals surface area contributed by atoms with Gasteiger partial charge < -0.3 is 14.6 Å². The predicted molar refractivity (Wildman–Crippen MR) is 104 cm³/mol. The number of para-hydroxylation sites is 1. The summed E-state index contributed by atoms with van der Waals surface area (Å²) in [6.45, 7) is 4.12. The molecule has 0 saturated carbocycles. The summed E-state index contributed by atoms with van der Waals surface area (Å²) in [5.74, 6) is 0.577. The van der Waals surface area contributed by atoms with Crippen LogP contribution in [0.2, 0.25) is 0 Å². The van der Waals surface area contributed by atoms with E-state index in [-0.39, 0.29) is 19.1 Å². The fourth-order valence-corrected chi connectivity index (χ4v) is 3.01. The van der Waals surface area contributed by atoms with E-state index in [0.29, 0.717) is 11.3 Å². The fourth-order valence-electron chi connectivity index (χ4n) is 3.01. The van der Waals surface area contributed by atoms with Crippen molar-refractivity contribution in [1.29, 1.82) is 0 Å². The zero-order valence-corrected chi connectivity index (χ0v) is 16.1. The highest BCUT2D eigenvalue weighted by Gasteiger charge is 2.30. The number of rotatable bonds is 5. The lowest BCUT2D eigenvalue weighted by Gasteiger charge is -2.24. The van der Waals surface area contributed by atoms with Crippen LogP contribution in [-0.4, -0.2) is 10.9 Å². The molecule has 2 amide bonds. The van der Waals surface area contributed by atoms with Gasteiger partial charge in [-0.05, 0) is 54.8 Å². The molecule has 1 heterocycles. The van der Waals surface area contributed by atoms with Crippen LogP contribution in [0.5, 0.6) is 0 Å². The Morgan fingerprint density at radius 1 is 0.966 bits per heavy atom. The van der Waals surface area contributed by atoms with Crippen LogP contribution in [0, 0.1) is 13.8 Å². The van der Waals surface area contributed by atoms with Crippen molar-refractivity contribution in [3.63, 3.8) is 0 Å². The van der Waals surface area contributed by atoms with Crippen molar-refractivity contribution in [3.8, 4) is 0 Å². The summed E-state index contributed by atoms with van der Waals surface area (Å²) in [5, 5.41) is 2.91. The molecule has 0 atom stereocenters. The van der Waals surface area contributed by atoms with Crippen LogP contribution in [-0.2, 0) is 19.3 Å². The molecule has 2 aromatic carbocycles. The Bertz CT molecular complexity index is 944. The van der Waals surface area contributed by atoms with Gasteiger partial charge in [-0.15, -0.1) is 0 Å².